The molecule has 13 heavy (non-hydrogen) atoms. The van der Waals surface area contributed by atoms with Crippen LogP contribution in [0.4, 0.5) is 0 Å². The second kappa shape index (κ2) is 3.94. The van der Waals surface area contributed by atoms with Crippen molar-refractivity contribution in [3.8, 4) is 17.9 Å². The Bertz CT molecular complexity index is 415. The van der Waals surface area contributed by atoms with Gasteiger partial charge in [-0.1, -0.05) is 5.92 Å². The van der Waals surface area contributed by atoms with Crippen molar-refractivity contribution < 1.29 is 4.79 Å². The number of nitriles is 1. The first kappa shape index (κ1) is 8.83. The SMILES string of the molecule is N#CC#Cc1ccc(C(N)=O)cc1. The van der Waals surface area contributed by atoms with Crippen LogP contribution in [0.15, 0.2) is 24.3 Å². The van der Waals surface area contributed by atoms with E-state index in [1.807, 2.05) is 0 Å². The van der Waals surface area contributed by atoms with Crippen molar-refractivity contribution in [2.45, 2.75) is 0 Å². The van der Waals surface area contributed by atoms with Crippen molar-refractivity contribution in [1.82, 2.24) is 0 Å². The van der Waals surface area contributed by atoms with Gasteiger partial charge in [0.25, 0.3) is 0 Å². The lowest BCUT2D eigenvalue weighted by molar-refractivity contribution is 0.100. The summed E-state index contributed by atoms with van der Waals surface area (Å²) in [6.07, 6.45) is 0. The number of carbonyl (C=O) groups excluding carboxylic acids is 1. The molecular formula is C10H6N2O. The Morgan fingerprint density at radius 2 is 1.92 bits per heavy atom. The fourth-order valence-electron chi connectivity index (χ4n) is 0.818. The van der Waals surface area contributed by atoms with Crippen LogP contribution < -0.4 is 5.73 Å². The number of carbonyl (C=O) groups is 1. The average Bonchev–Trinajstić information content (AvgIpc) is 2.15. The van der Waals surface area contributed by atoms with Crippen molar-refractivity contribution in [3.63, 3.8) is 0 Å². The number of nitrogens with two attached hydrogens (primary N) is 1. The summed E-state index contributed by atoms with van der Waals surface area (Å²) >= 11 is 0. The normalized spacial score (nSPS) is 7.92. The van der Waals surface area contributed by atoms with Crippen molar-refractivity contribution >= 4 is 5.91 Å². The van der Waals surface area contributed by atoms with Crippen LogP contribution in [-0.2, 0) is 0 Å². The van der Waals surface area contributed by atoms with E-state index in [2.05, 4.69) is 11.8 Å². The summed E-state index contributed by atoms with van der Waals surface area (Å²) in [5, 5.41) is 8.17. The quantitative estimate of drug-likeness (QED) is 0.629. The van der Waals surface area contributed by atoms with Crippen molar-refractivity contribution in [2.75, 3.05) is 0 Å². The van der Waals surface area contributed by atoms with Crippen LogP contribution >= 0.6 is 0 Å². The number of hydrogen-bond acceptors (Lipinski definition) is 2. The van der Waals surface area contributed by atoms with Crippen LogP contribution in [-0.4, -0.2) is 5.91 Å². The molecule has 3 heteroatoms. The zero-order valence-corrected chi connectivity index (χ0v) is 6.74. The van der Waals surface area contributed by atoms with Gasteiger partial charge < -0.3 is 5.73 Å². The summed E-state index contributed by atoms with van der Waals surface area (Å²) in [6.45, 7) is 0. The Morgan fingerprint density at radius 1 is 1.31 bits per heavy atom. The fourth-order valence-corrected chi connectivity index (χ4v) is 0.818. The molecule has 0 aliphatic carbocycles. The third-order valence-corrected chi connectivity index (χ3v) is 1.43. The number of benzene rings is 1. The van der Waals surface area contributed by atoms with Gasteiger partial charge in [0.2, 0.25) is 5.91 Å². The zero-order chi connectivity index (χ0) is 9.68. The second-order valence-corrected chi connectivity index (χ2v) is 2.30. The van der Waals surface area contributed by atoms with Crippen molar-refractivity contribution in [1.29, 1.82) is 5.26 Å². The Hall–Kier alpha value is -2.26. The van der Waals surface area contributed by atoms with E-state index < -0.39 is 5.91 Å². The Morgan fingerprint density at radius 3 is 2.38 bits per heavy atom. The highest BCUT2D eigenvalue weighted by Gasteiger charge is 1.97. The van der Waals surface area contributed by atoms with E-state index in [9.17, 15) is 4.79 Å². The van der Waals surface area contributed by atoms with Gasteiger partial charge in [0.1, 0.15) is 0 Å². The molecule has 0 fully saturated rings. The molecule has 0 unspecified atom stereocenters. The summed E-state index contributed by atoms with van der Waals surface area (Å²) in [7, 11) is 0. The highest BCUT2D eigenvalue weighted by molar-refractivity contribution is 5.92. The number of rotatable bonds is 1. The molecule has 0 aliphatic heterocycles. The van der Waals surface area contributed by atoms with Crippen LogP contribution in [0, 0.1) is 23.2 Å². The predicted octanol–water partition coefficient (Wildman–Crippen LogP) is 0.661. The monoisotopic (exact) mass is 170 g/mol. The van der Waals surface area contributed by atoms with E-state index in [0.717, 1.165) is 0 Å². The van der Waals surface area contributed by atoms with Gasteiger partial charge in [0.15, 0.2) is 6.07 Å². The number of amides is 1. The van der Waals surface area contributed by atoms with Crippen molar-refractivity contribution in [2.24, 2.45) is 5.73 Å². The predicted molar refractivity (Wildman–Crippen MR) is 47.5 cm³/mol. The highest BCUT2D eigenvalue weighted by Crippen LogP contribution is 2.01. The molecule has 1 aromatic carbocycles. The lowest BCUT2D eigenvalue weighted by atomic mass is 10.1. The third kappa shape index (κ3) is 2.36. The van der Waals surface area contributed by atoms with E-state index in [1.54, 1.807) is 30.3 Å². The van der Waals surface area contributed by atoms with E-state index in [0.29, 0.717) is 11.1 Å². The van der Waals surface area contributed by atoms with E-state index in [4.69, 9.17) is 11.0 Å². The zero-order valence-electron chi connectivity index (χ0n) is 6.74. The first-order chi connectivity index (χ1) is 6.24. The summed E-state index contributed by atoms with van der Waals surface area (Å²) in [5.74, 6) is 4.38. The fraction of sp³-hybridized carbons (Fsp3) is 0. The number of nitrogens with zero attached hydrogens (tertiary/aromatic N) is 1. The Balaban J connectivity index is 2.95. The number of hydrogen-bond donors (Lipinski definition) is 1. The van der Waals surface area contributed by atoms with Crippen molar-refractivity contribution in [3.05, 3.63) is 35.4 Å². The lowest BCUT2D eigenvalue weighted by Crippen LogP contribution is -2.10. The largest absolute Gasteiger partial charge is 0.366 e. The minimum absolute atomic E-state index is 0.433. The molecular weight excluding hydrogens is 164 g/mol. The van der Waals surface area contributed by atoms with E-state index >= 15 is 0 Å². The van der Waals surface area contributed by atoms with E-state index in [-0.39, 0.29) is 0 Å². The molecule has 3 nitrogen and oxygen atoms in total. The average molecular weight is 170 g/mol. The first-order valence-electron chi connectivity index (χ1n) is 3.54. The molecule has 0 saturated heterocycles. The van der Waals surface area contributed by atoms with Crippen LogP contribution in [0.1, 0.15) is 15.9 Å². The molecule has 0 spiro atoms. The molecule has 0 saturated carbocycles. The molecule has 0 aliphatic rings. The summed E-state index contributed by atoms with van der Waals surface area (Å²) in [6, 6.07) is 8.13. The van der Waals surface area contributed by atoms with Gasteiger partial charge in [-0.25, -0.2) is 0 Å². The van der Waals surface area contributed by atoms with Crippen LogP contribution in [0.25, 0.3) is 0 Å². The summed E-state index contributed by atoms with van der Waals surface area (Å²) in [4.78, 5) is 10.7. The Kier molecular flexibility index (Phi) is 2.68. The van der Waals surface area contributed by atoms with Crippen LogP contribution in [0.5, 0.6) is 0 Å². The minimum atomic E-state index is -0.472. The van der Waals surface area contributed by atoms with E-state index in [1.165, 1.54) is 0 Å². The molecule has 0 heterocycles. The summed E-state index contributed by atoms with van der Waals surface area (Å²) < 4.78 is 0. The van der Waals surface area contributed by atoms with Crippen LogP contribution in [0.2, 0.25) is 0 Å². The standard InChI is InChI=1S/C10H6N2O/c11-7-1-2-8-3-5-9(6-4-8)10(12)13/h3-6H,(H2,12,13). The molecule has 0 bridgehead atoms. The van der Waals surface area contributed by atoms with Gasteiger partial charge in [-0.15, -0.1) is 0 Å². The third-order valence-electron chi connectivity index (χ3n) is 1.43. The maximum Gasteiger partial charge on any atom is 0.248 e. The minimum Gasteiger partial charge on any atom is -0.366 e. The maximum absolute atomic E-state index is 10.7. The van der Waals surface area contributed by atoms with Gasteiger partial charge >= 0.3 is 0 Å². The molecule has 0 radical (unpaired) electrons. The second-order valence-electron chi connectivity index (χ2n) is 2.30. The molecule has 62 valence electrons. The van der Waals surface area contributed by atoms with Gasteiger partial charge in [-0.3, -0.25) is 4.79 Å². The lowest BCUT2D eigenvalue weighted by Gasteiger charge is -1.93. The Labute approximate surface area is 75.8 Å². The van der Waals surface area contributed by atoms with Gasteiger partial charge in [-0.2, -0.15) is 5.26 Å². The molecule has 1 amide bonds. The number of primary amides is 1. The highest BCUT2D eigenvalue weighted by atomic mass is 16.1. The topological polar surface area (TPSA) is 66.9 Å². The molecule has 2 N–H and O–H groups in total. The van der Waals surface area contributed by atoms with Gasteiger partial charge in [-0.05, 0) is 24.3 Å². The van der Waals surface area contributed by atoms with Crippen LogP contribution in [0.3, 0.4) is 0 Å². The first-order valence-corrected chi connectivity index (χ1v) is 3.54. The summed E-state index contributed by atoms with van der Waals surface area (Å²) in [5.41, 5.74) is 6.16. The molecule has 1 rings (SSSR count). The molecule has 0 aromatic heterocycles. The maximum atomic E-state index is 10.7. The van der Waals surface area contributed by atoms with Gasteiger partial charge in [0.05, 0.1) is 0 Å². The van der Waals surface area contributed by atoms with Gasteiger partial charge in [0, 0.05) is 17.0 Å². The molecule has 0 atom stereocenters. The molecule has 1 aromatic rings. The smallest absolute Gasteiger partial charge is 0.248 e.